The Morgan fingerprint density at radius 2 is 1.63 bits per heavy atom. The topological polar surface area (TPSA) is 75.6 Å². The first-order chi connectivity index (χ1) is 16.4. The number of ether oxygens (including phenoxy) is 1. The van der Waals surface area contributed by atoms with E-state index in [1.807, 2.05) is 19.1 Å². The third kappa shape index (κ3) is 6.62. The summed E-state index contributed by atoms with van der Waals surface area (Å²) in [6, 6.07) is 16.8. The van der Waals surface area contributed by atoms with E-state index in [0.717, 1.165) is 23.3 Å². The molecule has 3 rings (SSSR count). The summed E-state index contributed by atoms with van der Waals surface area (Å²) in [5.74, 6) is -0.877. The lowest BCUT2D eigenvalue weighted by atomic mass is 10.0. The van der Waals surface area contributed by atoms with Crippen LogP contribution in [0, 0.1) is 6.92 Å². The molecule has 0 aromatic heterocycles. The van der Waals surface area contributed by atoms with Gasteiger partial charge in [-0.05, 0) is 79.8 Å². The molecule has 0 bridgehead atoms. The van der Waals surface area contributed by atoms with Crippen LogP contribution in [0.1, 0.15) is 40.9 Å². The van der Waals surface area contributed by atoms with Crippen LogP contribution >= 0.6 is 0 Å². The zero-order valence-electron chi connectivity index (χ0n) is 19.6. The molecule has 0 heterocycles. The highest BCUT2D eigenvalue weighted by Crippen LogP contribution is 2.32. The van der Waals surface area contributed by atoms with Crippen LogP contribution in [0.3, 0.4) is 0 Å². The third-order valence-corrected chi connectivity index (χ3v) is 5.49. The van der Waals surface area contributed by atoms with Gasteiger partial charge in [0.05, 0.1) is 5.56 Å². The largest absolute Gasteiger partial charge is 0.478 e. The summed E-state index contributed by atoms with van der Waals surface area (Å²) in [6.07, 6.45) is -3.87. The second-order valence-corrected chi connectivity index (χ2v) is 8.68. The highest BCUT2D eigenvalue weighted by Gasteiger charge is 2.31. The molecule has 0 spiro atoms. The summed E-state index contributed by atoms with van der Waals surface area (Å²) in [5.41, 5.74) is 1.06. The highest BCUT2D eigenvalue weighted by atomic mass is 19.4. The van der Waals surface area contributed by atoms with Crippen LogP contribution in [-0.4, -0.2) is 29.1 Å². The lowest BCUT2D eigenvalue weighted by Gasteiger charge is -2.23. The SMILES string of the molecule is Cc1cc(CCNC(=O)c2ccc(-c3cccc(C(F)(F)F)c3)cc2)ccc1OC(C)(C)C(=O)O. The third-order valence-electron chi connectivity index (χ3n) is 5.49. The lowest BCUT2D eigenvalue weighted by Crippen LogP contribution is -2.38. The minimum Gasteiger partial charge on any atom is -0.478 e. The van der Waals surface area contributed by atoms with Gasteiger partial charge in [0, 0.05) is 12.1 Å². The lowest BCUT2D eigenvalue weighted by molar-refractivity contribution is -0.152. The first-order valence-electron chi connectivity index (χ1n) is 10.9. The summed E-state index contributed by atoms with van der Waals surface area (Å²) in [4.78, 5) is 23.7. The van der Waals surface area contributed by atoms with Gasteiger partial charge < -0.3 is 15.2 Å². The van der Waals surface area contributed by atoms with Crippen LogP contribution in [0.5, 0.6) is 5.75 Å². The molecule has 0 aliphatic carbocycles. The van der Waals surface area contributed by atoms with Crippen molar-refractivity contribution in [2.45, 2.75) is 39.0 Å². The molecule has 3 aromatic carbocycles. The molecule has 0 unspecified atom stereocenters. The fourth-order valence-electron chi connectivity index (χ4n) is 3.41. The Bertz CT molecular complexity index is 1220. The Kier molecular flexibility index (Phi) is 7.53. The summed E-state index contributed by atoms with van der Waals surface area (Å²) < 4.78 is 44.4. The minimum absolute atomic E-state index is 0.291. The van der Waals surface area contributed by atoms with Crippen molar-refractivity contribution in [3.63, 3.8) is 0 Å². The van der Waals surface area contributed by atoms with Crippen molar-refractivity contribution in [2.75, 3.05) is 6.54 Å². The molecule has 35 heavy (non-hydrogen) atoms. The Morgan fingerprint density at radius 1 is 0.943 bits per heavy atom. The molecule has 0 aliphatic rings. The molecule has 0 fully saturated rings. The number of benzene rings is 3. The fraction of sp³-hybridized carbons (Fsp3) is 0.259. The average molecular weight is 486 g/mol. The van der Waals surface area contributed by atoms with Gasteiger partial charge in [0.15, 0.2) is 5.60 Å². The molecule has 8 heteroatoms. The Labute approximate surface area is 201 Å². The van der Waals surface area contributed by atoms with Crippen molar-refractivity contribution in [1.82, 2.24) is 5.32 Å². The van der Waals surface area contributed by atoms with Crippen LogP contribution in [0.15, 0.2) is 66.7 Å². The number of aliphatic carboxylic acids is 1. The molecular formula is C27H26F3NO4. The molecule has 0 saturated heterocycles. The van der Waals surface area contributed by atoms with Crippen molar-refractivity contribution in [3.8, 4) is 16.9 Å². The van der Waals surface area contributed by atoms with Gasteiger partial charge in [-0.15, -0.1) is 0 Å². The van der Waals surface area contributed by atoms with E-state index in [2.05, 4.69) is 5.32 Å². The Morgan fingerprint density at radius 3 is 2.23 bits per heavy atom. The predicted molar refractivity (Wildman–Crippen MR) is 126 cm³/mol. The predicted octanol–water partition coefficient (Wildman–Crippen LogP) is 5.90. The molecule has 2 N–H and O–H groups in total. The molecule has 184 valence electrons. The number of hydrogen-bond donors (Lipinski definition) is 2. The van der Waals surface area contributed by atoms with E-state index >= 15 is 0 Å². The number of nitrogens with one attached hydrogen (secondary N) is 1. The molecule has 3 aromatic rings. The van der Waals surface area contributed by atoms with Gasteiger partial charge in [-0.25, -0.2) is 4.79 Å². The van der Waals surface area contributed by atoms with Crippen molar-refractivity contribution in [2.24, 2.45) is 0 Å². The molecule has 0 aliphatic heterocycles. The molecular weight excluding hydrogens is 459 g/mol. The van der Waals surface area contributed by atoms with Crippen LogP contribution in [0.25, 0.3) is 11.1 Å². The summed E-state index contributed by atoms with van der Waals surface area (Å²) in [6.45, 7) is 5.14. The maximum atomic E-state index is 13.0. The van der Waals surface area contributed by atoms with Crippen LogP contribution in [0.4, 0.5) is 13.2 Å². The van der Waals surface area contributed by atoms with E-state index in [4.69, 9.17) is 4.74 Å². The maximum Gasteiger partial charge on any atom is 0.416 e. The Hall–Kier alpha value is -3.81. The normalized spacial score (nSPS) is 11.7. The second kappa shape index (κ2) is 10.2. The summed E-state index contributed by atoms with van der Waals surface area (Å²) in [7, 11) is 0. The number of hydrogen-bond acceptors (Lipinski definition) is 3. The molecule has 1 amide bonds. The average Bonchev–Trinajstić information content (AvgIpc) is 2.80. The molecule has 0 atom stereocenters. The molecule has 5 nitrogen and oxygen atoms in total. The van der Waals surface area contributed by atoms with Gasteiger partial charge >= 0.3 is 12.1 Å². The van der Waals surface area contributed by atoms with Crippen molar-refractivity contribution in [3.05, 3.63) is 89.0 Å². The number of aryl methyl sites for hydroxylation is 1. The van der Waals surface area contributed by atoms with Gasteiger partial charge in [0.25, 0.3) is 5.91 Å². The first-order valence-corrected chi connectivity index (χ1v) is 10.9. The quantitative estimate of drug-likeness (QED) is 0.417. The van der Waals surface area contributed by atoms with E-state index in [1.165, 1.54) is 19.9 Å². The maximum absolute atomic E-state index is 13.0. The molecule has 0 radical (unpaired) electrons. The number of halogens is 3. The Balaban J connectivity index is 1.58. The second-order valence-electron chi connectivity index (χ2n) is 8.68. The van der Waals surface area contributed by atoms with E-state index < -0.39 is 23.3 Å². The van der Waals surface area contributed by atoms with Gasteiger partial charge in [0.2, 0.25) is 0 Å². The van der Waals surface area contributed by atoms with Crippen molar-refractivity contribution < 1.29 is 32.6 Å². The number of rotatable bonds is 8. The van der Waals surface area contributed by atoms with E-state index in [9.17, 15) is 27.9 Å². The smallest absolute Gasteiger partial charge is 0.416 e. The monoisotopic (exact) mass is 485 g/mol. The van der Waals surface area contributed by atoms with E-state index in [0.29, 0.717) is 35.4 Å². The van der Waals surface area contributed by atoms with Gasteiger partial charge in [0.1, 0.15) is 5.75 Å². The van der Waals surface area contributed by atoms with Crippen molar-refractivity contribution >= 4 is 11.9 Å². The van der Waals surface area contributed by atoms with Gasteiger partial charge in [-0.2, -0.15) is 13.2 Å². The van der Waals surface area contributed by atoms with Crippen LogP contribution in [-0.2, 0) is 17.4 Å². The van der Waals surface area contributed by atoms with E-state index in [-0.39, 0.29) is 5.91 Å². The standard InChI is InChI=1S/C27H26F3NO4/c1-17-15-18(7-12-23(17)35-26(2,3)25(33)34)13-14-31-24(32)20-10-8-19(9-11-20)21-5-4-6-22(16-21)27(28,29)30/h4-12,15-16H,13-14H2,1-3H3,(H,31,32)(H,33,34). The number of carboxylic acid groups (broad SMARTS) is 1. The van der Waals surface area contributed by atoms with Gasteiger partial charge in [-0.1, -0.05) is 36.4 Å². The number of alkyl halides is 3. The highest BCUT2D eigenvalue weighted by molar-refractivity contribution is 5.94. The summed E-state index contributed by atoms with van der Waals surface area (Å²) >= 11 is 0. The number of carbonyl (C=O) groups is 2. The van der Waals surface area contributed by atoms with Gasteiger partial charge in [-0.3, -0.25) is 4.79 Å². The zero-order valence-corrected chi connectivity index (χ0v) is 19.6. The van der Waals surface area contributed by atoms with E-state index in [1.54, 1.807) is 36.4 Å². The molecule has 0 saturated carbocycles. The first kappa shape index (κ1) is 25.8. The van der Waals surface area contributed by atoms with Crippen LogP contribution < -0.4 is 10.1 Å². The number of amides is 1. The summed E-state index contributed by atoms with van der Waals surface area (Å²) in [5, 5.41) is 12.0. The number of carbonyl (C=O) groups excluding carboxylic acids is 1. The minimum atomic E-state index is -4.42. The number of carboxylic acids is 1. The zero-order chi connectivity index (χ0) is 25.8. The fourth-order valence-corrected chi connectivity index (χ4v) is 3.41. The van der Waals surface area contributed by atoms with Crippen LogP contribution in [0.2, 0.25) is 0 Å². The van der Waals surface area contributed by atoms with Crippen molar-refractivity contribution in [1.29, 1.82) is 0 Å².